The van der Waals surface area contributed by atoms with E-state index in [1.54, 1.807) is 23.5 Å². The van der Waals surface area contributed by atoms with E-state index in [2.05, 4.69) is 21.2 Å². The third kappa shape index (κ3) is 4.85. The summed E-state index contributed by atoms with van der Waals surface area (Å²) in [6.45, 7) is 0. The van der Waals surface area contributed by atoms with Crippen LogP contribution in [0, 0.1) is 0 Å². The number of carboxylic acid groups (broad SMARTS) is 1. The highest BCUT2D eigenvalue weighted by atomic mass is 35.5. The molecule has 0 unspecified atom stereocenters. The van der Waals surface area contributed by atoms with Gasteiger partial charge in [-0.2, -0.15) is 0 Å². The average Bonchev–Trinajstić information content (AvgIpc) is 3.50. The predicted molar refractivity (Wildman–Crippen MR) is 133 cm³/mol. The summed E-state index contributed by atoms with van der Waals surface area (Å²) < 4.78 is 0. The van der Waals surface area contributed by atoms with Crippen molar-refractivity contribution >= 4 is 40.2 Å². The maximum atomic E-state index is 11.0. The summed E-state index contributed by atoms with van der Waals surface area (Å²) in [6, 6.07) is 22.7. The van der Waals surface area contributed by atoms with E-state index in [9.17, 15) is 4.79 Å². The number of hydrogen-bond acceptors (Lipinski definition) is 6. The van der Waals surface area contributed by atoms with Crippen LogP contribution in [0.4, 0.5) is 0 Å². The van der Waals surface area contributed by atoms with Gasteiger partial charge in [-0.05, 0) is 41.5 Å². The van der Waals surface area contributed by atoms with Crippen molar-refractivity contribution in [2.75, 3.05) is 0 Å². The second kappa shape index (κ2) is 9.23. The number of aromatic nitrogens is 3. The van der Waals surface area contributed by atoms with Gasteiger partial charge < -0.3 is 5.11 Å². The van der Waals surface area contributed by atoms with Gasteiger partial charge in [-0.15, -0.1) is 21.5 Å². The molecule has 0 radical (unpaired) electrons. The number of benzene rings is 3. The fourth-order valence-corrected chi connectivity index (χ4v) is 5.24. The zero-order chi connectivity index (χ0) is 22.8. The zero-order valence-corrected chi connectivity index (χ0v) is 19.5. The molecule has 2 aromatic heterocycles. The Morgan fingerprint density at radius 2 is 1.58 bits per heavy atom. The average molecular weight is 490 g/mol. The molecule has 0 spiro atoms. The third-order valence-corrected chi connectivity index (χ3v) is 7.33. The predicted octanol–water partition coefficient (Wildman–Crippen LogP) is 6.94. The van der Waals surface area contributed by atoms with Crippen LogP contribution in [0.5, 0.6) is 0 Å². The number of carbonyl (C=O) groups is 1. The van der Waals surface area contributed by atoms with Crippen LogP contribution in [0.25, 0.3) is 31.6 Å². The number of halogens is 1. The van der Waals surface area contributed by atoms with Crippen LogP contribution in [0.3, 0.4) is 0 Å². The lowest BCUT2D eigenvalue weighted by Gasteiger charge is -2.00. The molecule has 3 aromatic carbocycles. The largest absolute Gasteiger partial charge is 0.478 e. The number of rotatable bonds is 6. The molecule has 0 aliphatic carbocycles. The minimum absolute atomic E-state index is 0.273. The van der Waals surface area contributed by atoms with E-state index in [0.29, 0.717) is 11.4 Å². The van der Waals surface area contributed by atoms with E-state index in [-0.39, 0.29) is 5.56 Å². The maximum Gasteiger partial charge on any atom is 0.335 e. The maximum absolute atomic E-state index is 11.0. The van der Waals surface area contributed by atoms with Gasteiger partial charge in [0, 0.05) is 28.8 Å². The summed E-state index contributed by atoms with van der Waals surface area (Å²) in [7, 11) is 0. The number of nitrogens with zero attached hydrogens (tertiary/aromatic N) is 3. The van der Waals surface area contributed by atoms with E-state index in [4.69, 9.17) is 16.7 Å². The third-order valence-electron chi connectivity index (χ3n) is 5.01. The molecule has 162 valence electrons. The standard InChI is InChI=1S/C25H16ClN3O2S2/c26-20-10-8-16(9-11-20)21-14-27-23(32-21)18-2-1-3-19(13-18)24-29-28-22(33-24)12-15-4-6-17(7-5-15)25(30)31/h1-11,13-14H,12H2,(H,30,31). The second-order valence-corrected chi connectivity index (χ2v) is 9.83. The molecule has 0 bridgehead atoms. The lowest BCUT2D eigenvalue weighted by Crippen LogP contribution is -1.96. The van der Waals surface area contributed by atoms with E-state index in [0.717, 1.165) is 42.2 Å². The van der Waals surface area contributed by atoms with Crippen LogP contribution in [0.2, 0.25) is 5.02 Å². The van der Waals surface area contributed by atoms with Gasteiger partial charge >= 0.3 is 5.97 Å². The molecule has 0 aliphatic rings. The molecule has 8 heteroatoms. The van der Waals surface area contributed by atoms with Gasteiger partial charge in [0.05, 0.1) is 10.4 Å². The highest BCUT2D eigenvalue weighted by Crippen LogP contribution is 2.34. The van der Waals surface area contributed by atoms with Gasteiger partial charge in [-0.1, -0.05) is 65.4 Å². The van der Waals surface area contributed by atoms with Crippen molar-refractivity contribution in [1.29, 1.82) is 0 Å². The first-order chi connectivity index (χ1) is 16.0. The van der Waals surface area contributed by atoms with Gasteiger partial charge in [-0.25, -0.2) is 9.78 Å². The van der Waals surface area contributed by atoms with Crippen LogP contribution in [-0.2, 0) is 6.42 Å². The summed E-state index contributed by atoms with van der Waals surface area (Å²) in [5, 5.41) is 21.1. The first-order valence-electron chi connectivity index (χ1n) is 10.0. The van der Waals surface area contributed by atoms with Crippen molar-refractivity contribution in [2.24, 2.45) is 0 Å². The van der Waals surface area contributed by atoms with Crippen molar-refractivity contribution in [3.63, 3.8) is 0 Å². The van der Waals surface area contributed by atoms with Crippen LogP contribution in [-0.4, -0.2) is 26.3 Å². The van der Waals surface area contributed by atoms with Gasteiger partial charge in [0.1, 0.15) is 15.0 Å². The summed E-state index contributed by atoms with van der Waals surface area (Å²) in [4.78, 5) is 16.7. The zero-order valence-electron chi connectivity index (χ0n) is 17.1. The molecule has 0 saturated carbocycles. The van der Waals surface area contributed by atoms with Gasteiger partial charge in [-0.3, -0.25) is 0 Å². The molecule has 33 heavy (non-hydrogen) atoms. The molecule has 0 fully saturated rings. The Bertz CT molecular complexity index is 1430. The van der Waals surface area contributed by atoms with E-state index < -0.39 is 5.97 Å². The molecule has 0 atom stereocenters. The highest BCUT2D eigenvalue weighted by Gasteiger charge is 2.12. The molecule has 0 saturated heterocycles. The Morgan fingerprint density at radius 1 is 0.848 bits per heavy atom. The van der Waals surface area contributed by atoms with Gasteiger partial charge in [0.2, 0.25) is 0 Å². The fraction of sp³-hybridized carbons (Fsp3) is 0.0400. The molecule has 5 rings (SSSR count). The van der Waals surface area contributed by atoms with E-state index in [1.165, 1.54) is 11.3 Å². The van der Waals surface area contributed by atoms with Crippen molar-refractivity contribution in [3.05, 3.63) is 100 Å². The molecular weight excluding hydrogens is 474 g/mol. The number of aromatic carboxylic acids is 1. The smallest absolute Gasteiger partial charge is 0.335 e. The van der Waals surface area contributed by atoms with Crippen LogP contribution >= 0.6 is 34.3 Å². The van der Waals surface area contributed by atoms with Crippen LogP contribution in [0.15, 0.2) is 79.0 Å². The molecule has 5 aromatic rings. The fourth-order valence-electron chi connectivity index (χ4n) is 3.32. The van der Waals surface area contributed by atoms with Gasteiger partial charge in [0.15, 0.2) is 0 Å². The highest BCUT2D eigenvalue weighted by molar-refractivity contribution is 7.18. The van der Waals surface area contributed by atoms with Crippen molar-refractivity contribution in [3.8, 4) is 31.6 Å². The summed E-state index contributed by atoms with van der Waals surface area (Å²) in [5.74, 6) is -0.930. The minimum Gasteiger partial charge on any atom is -0.478 e. The van der Waals surface area contributed by atoms with Crippen molar-refractivity contribution in [1.82, 2.24) is 15.2 Å². The lowest BCUT2D eigenvalue weighted by molar-refractivity contribution is 0.0697. The molecule has 5 nitrogen and oxygen atoms in total. The second-order valence-electron chi connectivity index (χ2n) is 7.30. The lowest BCUT2D eigenvalue weighted by atomic mass is 10.1. The monoisotopic (exact) mass is 489 g/mol. The quantitative estimate of drug-likeness (QED) is 0.279. The molecule has 0 aliphatic heterocycles. The van der Waals surface area contributed by atoms with E-state index >= 15 is 0 Å². The van der Waals surface area contributed by atoms with Gasteiger partial charge in [0.25, 0.3) is 0 Å². The summed E-state index contributed by atoms with van der Waals surface area (Å²) in [5.41, 5.74) is 4.37. The first-order valence-corrected chi connectivity index (χ1v) is 12.0. The normalized spacial score (nSPS) is 10.9. The number of thiazole rings is 1. The minimum atomic E-state index is -0.930. The first kappa shape index (κ1) is 21.5. The Labute approximate surface area is 203 Å². The van der Waals surface area contributed by atoms with Crippen molar-refractivity contribution in [2.45, 2.75) is 6.42 Å². The molecular formula is C25H16ClN3O2S2. The summed E-state index contributed by atoms with van der Waals surface area (Å²) >= 11 is 9.16. The molecule has 0 amide bonds. The Morgan fingerprint density at radius 3 is 2.30 bits per heavy atom. The topological polar surface area (TPSA) is 76.0 Å². The molecule has 2 heterocycles. The number of carboxylic acids is 1. The Kier molecular flexibility index (Phi) is 6.00. The molecule has 1 N–H and O–H groups in total. The summed E-state index contributed by atoms with van der Waals surface area (Å²) in [6.07, 6.45) is 2.49. The van der Waals surface area contributed by atoms with Crippen LogP contribution in [0.1, 0.15) is 20.9 Å². The van der Waals surface area contributed by atoms with Crippen LogP contribution < -0.4 is 0 Å². The van der Waals surface area contributed by atoms with E-state index in [1.807, 2.05) is 60.8 Å². The number of hydrogen-bond donors (Lipinski definition) is 1. The SMILES string of the molecule is O=C(O)c1ccc(Cc2nnc(-c3cccc(-c4ncc(-c5ccc(Cl)cc5)s4)c3)s2)cc1. The Hall–Kier alpha value is -3.39. The Balaban J connectivity index is 1.35. The van der Waals surface area contributed by atoms with Crippen molar-refractivity contribution < 1.29 is 9.90 Å².